The van der Waals surface area contributed by atoms with Crippen LogP contribution in [-0.2, 0) is 57.7 Å². The van der Waals surface area contributed by atoms with Crippen LogP contribution in [0, 0.1) is 0 Å². The first-order chi connectivity index (χ1) is 17.3. The van der Waals surface area contributed by atoms with E-state index < -0.39 is 23.9 Å². The van der Waals surface area contributed by atoms with E-state index in [-0.39, 0.29) is 38.4 Å². The monoisotopic (exact) mass is 582 g/mol. The normalized spacial score (nSPS) is 15.3. The summed E-state index contributed by atoms with van der Waals surface area (Å²) in [7, 11) is 7.25. The van der Waals surface area contributed by atoms with Crippen molar-refractivity contribution >= 4 is 70.9 Å². The zero-order valence-corrected chi connectivity index (χ0v) is 23.2. The summed E-state index contributed by atoms with van der Waals surface area (Å²) < 4.78 is 19.9. The summed E-state index contributed by atoms with van der Waals surface area (Å²) in [5.74, 6) is -3.38. The summed E-state index contributed by atoms with van der Waals surface area (Å²) in [5, 5.41) is 0. The van der Waals surface area contributed by atoms with Gasteiger partial charge in [-0.25, -0.2) is 38.7 Å². The van der Waals surface area contributed by atoms with Gasteiger partial charge in [0.1, 0.15) is 23.0 Å². The number of hydrogen-bond acceptors (Lipinski definition) is 16. The molecule has 0 atom stereocenters. The predicted molar refractivity (Wildman–Crippen MR) is 132 cm³/mol. The molecule has 0 N–H and O–H groups in total. The van der Waals surface area contributed by atoms with Gasteiger partial charge in [0.15, 0.2) is 0 Å². The molecular formula is C20H22O12S4. The second kappa shape index (κ2) is 14.7. The van der Waals surface area contributed by atoms with Crippen molar-refractivity contribution < 1.29 is 57.7 Å². The van der Waals surface area contributed by atoms with Crippen molar-refractivity contribution in [3.63, 3.8) is 0 Å². The minimum absolute atomic E-state index is 0.0166. The van der Waals surface area contributed by atoms with E-state index >= 15 is 0 Å². The van der Waals surface area contributed by atoms with Crippen LogP contribution in [0.5, 0.6) is 0 Å². The smallest absolute Gasteiger partial charge is 0.346 e. The average molecular weight is 583 g/mol. The fourth-order valence-corrected chi connectivity index (χ4v) is 7.69. The molecule has 198 valence electrons. The van der Waals surface area contributed by atoms with Crippen molar-refractivity contribution in [2.75, 3.05) is 55.9 Å². The number of esters is 4. The Kier molecular flexibility index (Phi) is 12.4. The largest absolute Gasteiger partial charge is 0.465 e. The van der Waals surface area contributed by atoms with Gasteiger partial charge < -0.3 is 18.9 Å². The Labute approximate surface area is 223 Å². The molecule has 0 aromatic heterocycles. The van der Waals surface area contributed by atoms with Gasteiger partial charge >= 0.3 is 23.9 Å². The van der Waals surface area contributed by atoms with Crippen molar-refractivity contribution in [3.05, 3.63) is 39.2 Å². The second-order valence-electron chi connectivity index (χ2n) is 6.06. The van der Waals surface area contributed by atoms with Gasteiger partial charge in [0.2, 0.25) is 0 Å². The molecule has 0 fully saturated rings. The van der Waals surface area contributed by atoms with E-state index in [9.17, 15) is 19.2 Å². The number of carbonyl (C=O) groups is 4. The van der Waals surface area contributed by atoms with E-state index in [2.05, 4.69) is 9.78 Å². The molecule has 0 spiro atoms. The summed E-state index contributed by atoms with van der Waals surface area (Å²) in [4.78, 5) is 71.1. The Balaban J connectivity index is 2.68. The fraction of sp³-hybridized carbons (Fsp3) is 0.400. The maximum Gasteiger partial charge on any atom is 0.346 e. The van der Waals surface area contributed by atoms with Crippen LogP contribution < -0.4 is 0 Å². The van der Waals surface area contributed by atoms with Crippen molar-refractivity contribution in [1.82, 2.24) is 0 Å². The van der Waals surface area contributed by atoms with E-state index in [4.69, 9.17) is 28.7 Å². The quantitative estimate of drug-likeness (QED) is 0.116. The number of ether oxygens (including phenoxy) is 4. The SMILES string of the molecule is COOCC1=C(COOC)SC(=C(C(=O)OC)C(C(=O)OC)=C2SC(C(=O)OC)=C(C(=O)OC)S2)S1. The van der Waals surface area contributed by atoms with Crippen LogP contribution in [0.4, 0.5) is 0 Å². The highest BCUT2D eigenvalue weighted by Crippen LogP contribution is 2.56. The van der Waals surface area contributed by atoms with Crippen LogP contribution in [0.3, 0.4) is 0 Å². The lowest BCUT2D eigenvalue weighted by molar-refractivity contribution is -0.267. The predicted octanol–water partition coefficient (Wildman–Crippen LogP) is 2.64. The first-order valence-electron chi connectivity index (χ1n) is 9.58. The lowest BCUT2D eigenvalue weighted by Crippen LogP contribution is -2.17. The number of methoxy groups -OCH3 is 4. The Morgan fingerprint density at radius 3 is 1.22 bits per heavy atom. The molecule has 2 aliphatic rings. The molecule has 0 saturated heterocycles. The molecular weight excluding hydrogens is 560 g/mol. The minimum Gasteiger partial charge on any atom is -0.465 e. The molecule has 2 rings (SSSR count). The van der Waals surface area contributed by atoms with Crippen LogP contribution in [0.2, 0.25) is 0 Å². The highest BCUT2D eigenvalue weighted by molar-refractivity contribution is 8.29. The molecule has 16 heteroatoms. The number of carbonyl (C=O) groups excluding carboxylic acids is 4. The van der Waals surface area contributed by atoms with Crippen molar-refractivity contribution in [1.29, 1.82) is 0 Å². The topological polar surface area (TPSA) is 142 Å². The number of rotatable bonds is 11. The summed E-state index contributed by atoms with van der Waals surface area (Å²) in [5.41, 5.74) is -0.359. The number of hydrogen-bond donors (Lipinski definition) is 0. The van der Waals surface area contributed by atoms with Crippen molar-refractivity contribution in [2.24, 2.45) is 0 Å². The lowest BCUT2D eigenvalue weighted by atomic mass is 10.1. The van der Waals surface area contributed by atoms with Gasteiger partial charge in [-0.15, -0.1) is 0 Å². The van der Waals surface area contributed by atoms with Gasteiger partial charge in [0, 0.05) is 9.81 Å². The second-order valence-corrected chi connectivity index (χ2v) is 10.8. The van der Waals surface area contributed by atoms with E-state index in [1.54, 1.807) is 0 Å². The maximum absolute atomic E-state index is 13.0. The molecule has 0 bridgehead atoms. The van der Waals surface area contributed by atoms with Gasteiger partial charge in [-0.3, -0.25) is 0 Å². The Bertz CT molecular complexity index is 991. The van der Waals surface area contributed by atoms with Crippen LogP contribution in [0.1, 0.15) is 0 Å². The molecule has 2 heterocycles. The van der Waals surface area contributed by atoms with Crippen LogP contribution in [-0.4, -0.2) is 79.7 Å². The first kappa shape index (κ1) is 30.3. The third kappa shape index (κ3) is 7.10. The summed E-state index contributed by atoms with van der Waals surface area (Å²) in [6, 6.07) is 0. The van der Waals surface area contributed by atoms with Crippen molar-refractivity contribution in [3.8, 4) is 0 Å². The van der Waals surface area contributed by atoms with Crippen LogP contribution >= 0.6 is 47.0 Å². The number of thioether (sulfide) groups is 4. The fourth-order valence-electron chi connectivity index (χ4n) is 2.54. The van der Waals surface area contributed by atoms with E-state index in [1.165, 1.54) is 14.2 Å². The molecule has 0 radical (unpaired) electrons. The maximum atomic E-state index is 13.0. The van der Waals surface area contributed by atoms with Crippen molar-refractivity contribution in [2.45, 2.75) is 0 Å². The highest BCUT2D eigenvalue weighted by Gasteiger charge is 2.40. The standard InChI is InChI=1S/C20H22O12S4/c1-25-15(21)11(19-33-9(7-31-29-5)10(34-19)8-32-30-6)12(16(22)26-2)20-35-13(17(23)27-3)14(36-20)18(24)28-4/h7-8H2,1-6H3. The molecule has 12 nitrogen and oxygen atoms in total. The Hall–Kier alpha value is -1.92. The molecule has 0 aromatic rings. The minimum atomic E-state index is -0.897. The third-order valence-electron chi connectivity index (χ3n) is 4.13. The molecule has 0 aromatic carbocycles. The molecule has 0 saturated carbocycles. The summed E-state index contributed by atoms with van der Waals surface area (Å²) in [6.45, 7) is 0.0331. The van der Waals surface area contributed by atoms with Crippen LogP contribution in [0.15, 0.2) is 39.2 Å². The summed E-state index contributed by atoms with van der Waals surface area (Å²) >= 11 is 3.79. The summed E-state index contributed by atoms with van der Waals surface area (Å²) in [6.07, 6.45) is 0. The van der Waals surface area contributed by atoms with Crippen LogP contribution in [0.25, 0.3) is 0 Å². The van der Waals surface area contributed by atoms with E-state index in [1.807, 2.05) is 0 Å². The molecule has 0 aliphatic carbocycles. The van der Waals surface area contributed by atoms with Gasteiger partial charge in [0.25, 0.3) is 0 Å². The molecule has 2 aliphatic heterocycles. The molecule has 36 heavy (non-hydrogen) atoms. The van der Waals surface area contributed by atoms with Gasteiger partial charge in [-0.1, -0.05) is 47.0 Å². The highest BCUT2D eigenvalue weighted by atomic mass is 32.2. The lowest BCUT2D eigenvalue weighted by Gasteiger charge is -2.14. The van der Waals surface area contributed by atoms with Gasteiger partial charge in [-0.05, 0) is 0 Å². The third-order valence-corrected chi connectivity index (χ3v) is 9.32. The Morgan fingerprint density at radius 2 is 0.917 bits per heavy atom. The van der Waals surface area contributed by atoms with Gasteiger partial charge in [0.05, 0.1) is 62.3 Å². The average Bonchev–Trinajstić information content (AvgIpc) is 3.51. The first-order valence-corrected chi connectivity index (χ1v) is 12.8. The zero-order valence-electron chi connectivity index (χ0n) is 19.9. The zero-order chi connectivity index (χ0) is 26.8. The van der Waals surface area contributed by atoms with E-state index in [0.717, 1.165) is 75.5 Å². The Morgan fingerprint density at radius 1 is 0.556 bits per heavy atom. The van der Waals surface area contributed by atoms with E-state index in [0.29, 0.717) is 14.0 Å². The van der Waals surface area contributed by atoms with Gasteiger partial charge in [-0.2, -0.15) is 0 Å². The molecule has 0 amide bonds. The molecule has 0 unspecified atom stereocenters.